The van der Waals surface area contributed by atoms with Gasteiger partial charge in [-0.15, -0.1) is 0 Å². The van der Waals surface area contributed by atoms with Crippen molar-refractivity contribution in [3.63, 3.8) is 0 Å². The molecule has 1 heterocycles. The zero-order valence-electron chi connectivity index (χ0n) is 16.6. The summed E-state index contributed by atoms with van der Waals surface area (Å²) in [5, 5.41) is 11.0. The normalized spacial score (nSPS) is 16.3. The average Bonchev–Trinajstić information content (AvgIpc) is 3.04. The summed E-state index contributed by atoms with van der Waals surface area (Å²) in [5.74, 6) is -0.153. The molecule has 0 bridgehead atoms. The van der Waals surface area contributed by atoms with E-state index in [2.05, 4.69) is 4.99 Å². The third kappa shape index (κ3) is 4.65. The molecule has 0 saturated heterocycles. The van der Waals surface area contributed by atoms with E-state index < -0.39 is 11.8 Å². The lowest BCUT2D eigenvalue weighted by molar-refractivity contribution is -0.138. The number of hydrogen-bond acceptors (Lipinski definition) is 7. The Hall–Kier alpha value is -3.26. The van der Waals surface area contributed by atoms with Crippen molar-refractivity contribution in [3.05, 3.63) is 70.1 Å². The molecule has 0 amide bonds. The Balaban J connectivity index is 2.08. The molecule has 0 fully saturated rings. The Morgan fingerprint density at radius 3 is 2.53 bits per heavy atom. The van der Waals surface area contributed by atoms with Gasteiger partial charge in [-0.25, -0.2) is 14.2 Å². The van der Waals surface area contributed by atoms with Crippen LogP contribution in [0, 0.1) is 5.82 Å². The second-order valence-corrected chi connectivity index (χ2v) is 7.09. The topological polar surface area (TPSA) is 77.4 Å². The van der Waals surface area contributed by atoms with Crippen molar-refractivity contribution in [1.29, 1.82) is 0 Å². The molecule has 3 rings (SSSR count). The van der Waals surface area contributed by atoms with Gasteiger partial charge in [0.1, 0.15) is 33.7 Å². The molecule has 0 saturated carbocycles. The minimum Gasteiger partial charge on any atom is -0.506 e. The summed E-state index contributed by atoms with van der Waals surface area (Å²) in [6.45, 7) is 1.82. The van der Waals surface area contributed by atoms with Gasteiger partial charge in [-0.3, -0.25) is 0 Å². The van der Waals surface area contributed by atoms with Crippen LogP contribution in [0.25, 0.3) is 6.08 Å². The first-order chi connectivity index (χ1) is 14.5. The van der Waals surface area contributed by atoms with E-state index in [9.17, 15) is 14.3 Å². The monoisotopic (exact) mass is 429 g/mol. The van der Waals surface area contributed by atoms with Crippen molar-refractivity contribution >= 4 is 34.5 Å². The Kier molecular flexibility index (Phi) is 6.79. The first-order valence-corrected chi connectivity index (χ1v) is 9.85. The number of ether oxygens (including phenoxy) is 3. The molecule has 2 aromatic carbocycles. The summed E-state index contributed by atoms with van der Waals surface area (Å²) in [6.07, 6.45) is 1.67. The zero-order valence-corrected chi connectivity index (χ0v) is 17.5. The van der Waals surface area contributed by atoms with E-state index in [1.807, 2.05) is 0 Å². The van der Waals surface area contributed by atoms with Crippen molar-refractivity contribution in [2.45, 2.75) is 6.92 Å². The lowest BCUT2D eigenvalue weighted by Gasteiger charge is -2.08. The summed E-state index contributed by atoms with van der Waals surface area (Å²) in [4.78, 5) is 17.3. The molecule has 0 aliphatic carbocycles. The van der Waals surface area contributed by atoms with Gasteiger partial charge in [0.15, 0.2) is 0 Å². The Morgan fingerprint density at radius 2 is 1.90 bits per heavy atom. The van der Waals surface area contributed by atoms with Gasteiger partial charge in [0.2, 0.25) is 0 Å². The maximum atomic E-state index is 13.2. The fraction of sp³-hybridized carbons (Fsp3) is 0.182. The molecular formula is C22H20FNO5S. The Bertz CT molecular complexity index is 1040. The van der Waals surface area contributed by atoms with Gasteiger partial charge in [0.25, 0.3) is 0 Å². The second-order valence-electron chi connectivity index (χ2n) is 6.06. The molecular weight excluding hydrogens is 409 g/mol. The fourth-order valence-electron chi connectivity index (χ4n) is 2.72. The van der Waals surface area contributed by atoms with Crippen LogP contribution in [0.5, 0.6) is 11.5 Å². The highest BCUT2D eigenvalue weighted by Gasteiger charge is 2.33. The van der Waals surface area contributed by atoms with E-state index in [1.54, 1.807) is 38.3 Å². The summed E-state index contributed by atoms with van der Waals surface area (Å²) in [6, 6.07) is 10.7. The Labute approximate surface area is 177 Å². The Morgan fingerprint density at radius 1 is 1.17 bits per heavy atom. The van der Waals surface area contributed by atoms with Crippen LogP contribution in [0.2, 0.25) is 0 Å². The van der Waals surface area contributed by atoms with Crippen LogP contribution in [0.1, 0.15) is 12.5 Å². The smallest absolute Gasteiger partial charge is 0.344 e. The number of rotatable bonds is 6. The molecule has 0 unspecified atom stereocenters. The number of benzene rings is 2. The second kappa shape index (κ2) is 9.49. The van der Waals surface area contributed by atoms with Gasteiger partial charge in [-0.2, -0.15) is 0 Å². The highest BCUT2D eigenvalue weighted by molar-refractivity contribution is 8.18. The van der Waals surface area contributed by atoms with Gasteiger partial charge < -0.3 is 19.3 Å². The number of aliphatic hydroxyl groups excluding tert-OH is 1. The molecule has 0 radical (unpaired) electrons. The van der Waals surface area contributed by atoms with Crippen LogP contribution >= 0.6 is 11.8 Å². The van der Waals surface area contributed by atoms with E-state index in [4.69, 9.17) is 14.2 Å². The number of halogens is 1. The van der Waals surface area contributed by atoms with Gasteiger partial charge in [0, 0.05) is 5.56 Å². The van der Waals surface area contributed by atoms with E-state index in [0.29, 0.717) is 27.7 Å². The quantitative estimate of drug-likeness (QED) is 0.649. The van der Waals surface area contributed by atoms with E-state index in [0.717, 1.165) is 11.8 Å². The number of methoxy groups -OCH3 is 2. The van der Waals surface area contributed by atoms with Crippen LogP contribution in [0.3, 0.4) is 0 Å². The van der Waals surface area contributed by atoms with Gasteiger partial charge >= 0.3 is 5.97 Å². The number of aliphatic imine (C=N–C) groups is 1. The number of hydrogen-bond donors (Lipinski definition) is 1. The molecule has 156 valence electrons. The number of aliphatic hydroxyl groups is 1. The fourth-order valence-corrected chi connectivity index (χ4v) is 3.74. The van der Waals surface area contributed by atoms with E-state index >= 15 is 0 Å². The molecule has 0 spiro atoms. The van der Waals surface area contributed by atoms with Crippen molar-refractivity contribution in [2.75, 3.05) is 20.8 Å². The third-order valence-corrected chi connectivity index (χ3v) is 5.17. The highest BCUT2D eigenvalue weighted by atomic mass is 32.2. The van der Waals surface area contributed by atoms with Crippen molar-refractivity contribution in [1.82, 2.24) is 0 Å². The van der Waals surface area contributed by atoms with Crippen molar-refractivity contribution in [2.24, 2.45) is 4.99 Å². The largest absolute Gasteiger partial charge is 0.506 e. The highest BCUT2D eigenvalue weighted by Crippen LogP contribution is 2.41. The molecule has 30 heavy (non-hydrogen) atoms. The van der Waals surface area contributed by atoms with Gasteiger partial charge in [0.05, 0.1) is 31.4 Å². The summed E-state index contributed by atoms with van der Waals surface area (Å²) in [5.41, 5.74) is 1.05. The SMILES string of the molecule is CCOC(=O)C1=C(O)/C(=C\c2cc(OC)ccc2OC)SC1=Nc1ccc(F)cc1. The standard InChI is InChI=1S/C22H20FNO5S/c1-4-29-22(26)19-20(25)18(12-13-11-16(27-2)9-10-17(13)28-3)30-21(19)24-15-7-5-14(23)6-8-15/h5-12,25H,4H2,1-3H3/b18-12+,24-21?. The number of nitrogens with zero attached hydrogens (tertiary/aromatic N) is 1. The summed E-state index contributed by atoms with van der Waals surface area (Å²) < 4.78 is 28.9. The van der Waals surface area contributed by atoms with Crippen LogP contribution in [0.15, 0.2) is 63.7 Å². The number of thioether (sulfide) groups is 1. The van der Waals surface area contributed by atoms with Crippen LogP contribution in [0.4, 0.5) is 10.1 Å². The molecule has 8 heteroatoms. The van der Waals surface area contributed by atoms with Crippen LogP contribution in [-0.2, 0) is 9.53 Å². The molecule has 1 aliphatic rings. The van der Waals surface area contributed by atoms with Crippen molar-refractivity contribution < 1.29 is 28.5 Å². The maximum Gasteiger partial charge on any atom is 0.344 e. The van der Waals surface area contributed by atoms with Gasteiger partial charge in [-0.1, -0.05) is 11.8 Å². The first kappa shape index (κ1) is 21.4. The molecule has 0 atom stereocenters. The predicted octanol–water partition coefficient (Wildman–Crippen LogP) is 5.04. The lowest BCUT2D eigenvalue weighted by atomic mass is 10.1. The van der Waals surface area contributed by atoms with E-state index in [-0.39, 0.29) is 23.0 Å². The molecule has 6 nitrogen and oxygen atoms in total. The van der Waals surface area contributed by atoms with Crippen LogP contribution in [-0.4, -0.2) is 36.9 Å². The maximum absolute atomic E-state index is 13.2. The number of carbonyl (C=O) groups excluding carboxylic acids is 1. The molecule has 0 aromatic heterocycles. The average molecular weight is 429 g/mol. The first-order valence-electron chi connectivity index (χ1n) is 9.03. The number of esters is 1. The molecule has 1 aliphatic heterocycles. The minimum atomic E-state index is -0.690. The lowest BCUT2D eigenvalue weighted by Crippen LogP contribution is -2.12. The summed E-state index contributed by atoms with van der Waals surface area (Å²) >= 11 is 1.10. The molecule has 1 N–H and O–H groups in total. The number of carbonyl (C=O) groups is 1. The van der Waals surface area contributed by atoms with Crippen molar-refractivity contribution in [3.8, 4) is 11.5 Å². The third-order valence-electron chi connectivity index (χ3n) is 4.15. The molecule has 2 aromatic rings. The van der Waals surface area contributed by atoms with Crippen LogP contribution < -0.4 is 9.47 Å². The summed E-state index contributed by atoms with van der Waals surface area (Å²) in [7, 11) is 3.08. The minimum absolute atomic E-state index is 0.0423. The van der Waals surface area contributed by atoms with Gasteiger partial charge in [-0.05, 0) is 55.5 Å². The zero-order chi connectivity index (χ0) is 21.7. The van der Waals surface area contributed by atoms with E-state index in [1.165, 1.54) is 31.4 Å². The predicted molar refractivity (Wildman–Crippen MR) is 115 cm³/mol.